The summed E-state index contributed by atoms with van der Waals surface area (Å²) in [5, 5.41) is 0. The van der Waals surface area contributed by atoms with E-state index in [2.05, 4.69) is 23.1 Å². The van der Waals surface area contributed by atoms with Crippen molar-refractivity contribution in [1.82, 2.24) is 9.97 Å². The van der Waals surface area contributed by atoms with E-state index in [-0.39, 0.29) is 5.78 Å². The molecule has 0 fully saturated rings. The highest BCUT2D eigenvalue weighted by Gasteiger charge is 2.04. The summed E-state index contributed by atoms with van der Waals surface area (Å²) in [5.41, 5.74) is 1.36. The van der Waals surface area contributed by atoms with Gasteiger partial charge in [0.1, 0.15) is 5.82 Å². The Morgan fingerprint density at radius 2 is 1.92 bits per heavy atom. The Morgan fingerprint density at radius 3 is 2.31 bits per heavy atom. The minimum Gasteiger partial charge on any atom is -0.294 e. The van der Waals surface area contributed by atoms with Crippen LogP contribution in [0.4, 0.5) is 0 Å². The van der Waals surface area contributed by atoms with Gasteiger partial charge in [-0.15, -0.1) is 13.2 Å². The number of Topliss-reactive ketones (excluding diaryl/α,β-unsaturated/α-hetero) is 1. The van der Waals surface area contributed by atoms with Crippen LogP contribution in [-0.2, 0) is 0 Å². The molecule has 0 N–H and O–H groups in total. The molecule has 1 rings (SSSR count). The molecule has 0 amide bonds. The number of ketones is 1. The van der Waals surface area contributed by atoms with Crippen LogP contribution < -0.4 is 0 Å². The topological polar surface area (TPSA) is 42.9 Å². The van der Waals surface area contributed by atoms with Gasteiger partial charge >= 0.3 is 0 Å². The number of rotatable bonds is 1. The van der Waals surface area contributed by atoms with Crippen LogP contribution in [-0.4, -0.2) is 15.8 Å². The van der Waals surface area contributed by atoms with Gasteiger partial charge in [0.25, 0.3) is 0 Å². The zero-order chi connectivity index (χ0) is 10.4. The largest absolute Gasteiger partial charge is 0.294 e. The highest BCUT2D eigenvalue weighted by Crippen LogP contribution is 2.03. The predicted octanol–water partition coefficient (Wildman–Crippen LogP) is 2.10. The van der Waals surface area contributed by atoms with Crippen LogP contribution in [0.5, 0.6) is 0 Å². The third kappa shape index (κ3) is 3.15. The Kier molecular flexibility index (Phi) is 4.59. The van der Waals surface area contributed by atoms with Gasteiger partial charge in [-0.1, -0.05) is 0 Å². The molecule has 0 aliphatic heterocycles. The normalized spacial score (nSPS) is 8.54. The summed E-state index contributed by atoms with van der Waals surface area (Å²) in [5.74, 6) is 0.718. The summed E-state index contributed by atoms with van der Waals surface area (Å²) in [6.07, 6.45) is 1.57. The first-order chi connectivity index (χ1) is 6.11. The maximum Gasteiger partial charge on any atom is 0.163 e. The number of hydrogen-bond acceptors (Lipinski definition) is 3. The van der Waals surface area contributed by atoms with Gasteiger partial charge in [-0.3, -0.25) is 4.79 Å². The molecule has 0 aliphatic rings. The fourth-order valence-electron chi connectivity index (χ4n) is 0.929. The zero-order valence-electron chi connectivity index (χ0n) is 8.29. The molecule has 3 nitrogen and oxygen atoms in total. The van der Waals surface area contributed by atoms with Crippen LogP contribution in [0.25, 0.3) is 0 Å². The summed E-state index contributed by atoms with van der Waals surface area (Å²) in [6.45, 7) is 11.1. The molecule has 3 heteroatoms. The van der Waals surface area contributed by atoms with Crippen LogP contribution in [0.3, 0.4) is 0 Å². The van der Waals surface area contributed by atoms with Crippen molar-refractivity contribution in [3.63, 3.8) is 0 Å². The lowest BCUT2D eigenvalue weighted by atomic mass is 10.2. The maximum atomic E-state index is 10.9. The number of nitrogens with zero attached hydrogens (tertiary/aromatic N) is 2. The van der Waals surface area contributed by atoms with E-state index in [9.17, 15) is 4.79 Å². The third-order valence-corrected chi connectivity index (χ3v) is 1.48. The molecule has 70 valence electrons. The molecule has 0 aromatic carbocycles. The minimum absolute atomic E-state index is 0.0162. The summed E-state index contributed by atoms with van der Waals surface area (Å²) in [4.78, 5) is 18.9. The SMILES string of the molecule is C=C.CC(=O)c1cnc(C)nc1C. The van der Waals surface area contributed by atoms with E-state index in [4.69, 9.17) is 0 Å². The molecular formula is C10H14N2O. The van der Waals surface area contributed by atoms with Crippen LogP contribution in [0, 0.1) is 13.8 Å². The Labute approximate surface area is 78.5 Å². The molecule has 13 heavy (non-hydrogen) atoms. The molecule has 0 unspecified atom stereocenters. The van der Waals surface area contributed by atoms with Crippen LogP contribution >= 0.6 is 0 Å². The van der Waals surface area contributed by atoms with Crippen molar-refractivity contribution in [2.45, 2.75) is 20.8 Å². The van der Waals surface area contributed by atoms with Crippen LogP contribution in [0.2, 0.25) is 0 Å². The van der Waals surface area contributed by atoms with Gasteiger partial charge in [0.05, 0.1) is 11.3 Å². The average Bonchev–Trinajstić information content (AvgIpc) is 2.07. The highest BCUT2D eigenvalue weighted by atomic mass is 16.1. The van der Waals surface area contributed by atoms with E-state index in [0.29, 0.717) is 11.4 Å². The van der Waals surface area contributed by atoms with Crippen LogP contribution in [0.1, 0.15) is 28.8 Å². The molecule has 1 heterocycles. The van der Waals surface area contributed by atoms with Crippen molar-refractivity contribution in [2.24, 2.45) is 0 Å². The Balaban J connectivity index is 0.000000671. The van der Waals surface area contributed by atoms with E-state index in [1.54, 1.807) is 13.1 Å². The first-order valence-electron chi connectivity index (χ1n) is 3.92. The molecule has 0 aliphatic carbocycles. The van der Waals surface area contributed by atoms with Crippen molar-refractivity contribution in [3.8, 4) is 0 Å². The molecule has 0 radical (unpaired) electrons. The molecule has 0 saturated carbocycles. The predicted molar refractivity (Wildman–Crippen MR) is 52.8 cm³/mol. The molecule has 1 aromatic heterocycles. The quantitative estimate of drug-likeness (QED) is 0.488. The van der Waals surface area contributed by atoms with Crippen molar-refractivity contribution in [3.05, 3.63) is 36.4 Å². The van der Waals surface area contributed by atoms with Crippen LogP contribution in [0.15, 0.2) is 19.4 Å². The first kappa shape index (κ1) is 11.5. The van der Waals surface area contributed by atoms with Crippen molar-refractivity contribution in [1.29, 1.82) is 0 Å². The van der Waals surface area contributed by atoms with Crippen molar-refractivity contribution >= 4 is 5.78 Å². The summed E-state index contributed by atoms with van der Waals surface area (Å²) in [7, 11) is 0. The molecule has 0 atom stereocenters. The zero-order valence-corrected chi connectivity index (χ0v) is 8.29. The molecule has 0 bridgehead atoms. The Hall–Kier alpha value is -1.51. The molecular weight excluding hydrogens is 164 g/mol. The molecule has 0 spiro atoms. The van der Waals surface area contributed by atoms with Crippen molar-refractivity contribution < 1.29 is 4.79 Å². The second-order valence-electron chi connectivity index (χ2n) is 2.47. The Morgan fingerprint density at radius 1 is 1.38 bits per heavy atom. The number of carbonyl (C=O) groups is 1. The summed E-state index contributed by atoms with van der Waals surface area (Å²) in [6, 6.07) is 0. The van der Waals surface area contributed by atoms with Gasteiger partial charge in [-0.05, 0) is 20.8 Å². The standard InChI is InChI=1S/C8H10N2O.C2H4/c1-5-8(6(2)11)4-9-7(3)10-5;1-2/h4H,1-3H3;1-2H2. The summed E-state index contributed by atoms with van der Waals surface area (Å²) < 4.78 is 0. The fourth-order valence-corrected chi connectivity index (χ4v) is 0.929. The number of aryl methyl sites for hydroxylation is 2. The van der Waals surface area contributed by atoms with Gasteiger partial charge in [0.2, 0.25) is 0 Å². The minimum atomic E-state index is 0.0162. The van der Waals surface area contributed by atoms with E-state index in [1.807, 2.05) is 6.92 Å². The summed E-state index contributed by atoms with van der Waals surface area (Å²) >= 11 is 0. The lowest BCUT2D eigenvalue weighted by Gasteiger charge is -1.99. The molecule has 1 aromatic rings. The first-order valence-corrected chi connectivity index (χ1v) is 3.92. The monoisotopic (exact) mass is 178 g/mol. The van der Waals surface area contributed by atoms with Crippen molar-refractivity contribution in [2.75, 3.05) is 0 Å². The van der Waals surface area contributed by atoms with E-state index < -0.39 is 0 Å². The third-order valence-electron chi connectivity index (χ3n) is 1.48. The van der Waals surface area contributed by atoms with E-state index in [1.165, 1.54) is 6.92 Å². The van der Waals surface area contributed by atoms with Gasteiger partial charge in [-0.25, -0.2) is 9.97 Å². The maximum absolute atomic E-state index is 10.9. The fraction of sp³-hybridized carbons (Fsp3) is 0.300. The number of carbonyl (C=O) groups excluding carboxylic acids is 1. The second-order valence-corrected chi connectivity index (χ2v) is 2.47. The smallest absolute Gasteiger partial charge is 0.163 e. The van der Waals surface area contributed by atoms with Gasteiger partial charge in [-0.2, -0.15) is 0 Å². The Bertz CT molecular complexity index is 308. The lowest BCUT2D eigenvalue weighted by Crippen LogP contribution is -2.01. The van der Waals surface area contributed by atoms with Gasteiger partial charge in [0.15, 0.2) is 5.78 Å². The number of hydrogen-bond donors (Lipinski definition) is 0. The highest BCUT2D eigenvalue weighted by molar-refractivity contribution is 5.94. The van der Waals surface area contributed by atoms with E-state index >= 15 is 0 Å². The number of aromatic nitrogens is 2. The second kappa shape index (κ2) is 5.19. The average molecular weight is 178 g/mol. The van der Waals surface area contributed by atoms with Gasteiger partial charge in [0, 0.05) is 6.20 Å². The van der Waals surface area contributed by atoms with Gasteiger partial charge < -0.3 is 0 Å². The van der Waals surface area contributed by atoms with E-state index in [0.717, 1.165) is 5.69 Å². The lowest BCUT2D eigenvalue weighted by molar-refractivity contribution is 0.101. The molecule has 0 saturated heterocycles.